The number of methoxy groups -OCH3 is 1. The fourth-order valence-corrected chi connectivity index (χ4v) is 6.73. The number of hydrogen-bond donors (Lipinski definition) is 2. The number of aliphatic hydroxyl groups excluding tert-OH is 1. The predicted molar refractivity (Wildman–Crippen MR) is 100 cm³/mol. The number of ether oxygens (including phenoxy) is 1. The summed E-state index contributed by atoms with van der Waals surface area (Å²) >= 11 is 0. The maximum atomic E-state index is 12.7. The summed E-state index contributed by atoms with van der Waals surface area (Å²) < 4.78 is 5.67. The van der Waals surface area contributed by atoms with Gasteiger partial charge >= 0.3 is 0 Å². The molecule has 0 bridgehead atoms. The van der Waals surface area contributed by atoms with Gasteiger partial charge < -0.3 is 15.2 Å². The van der Waals surface area contributed by atoms with Crippen LogP contribution >= 0.6 is 0 Å². The first-order chi connectivity index (χ1) is 11.0. The highest BCUT2D eigenvalue weighted by Gasteiger charge is 2.62. The van der Waals surface area contributed by atoms with Crippen molar-refractivity contribution in [2.75, 3.05) is 13.7 Å². The van der Waals surface area contributed by atoms with E-state index >= 15 is 0 Å². The maximum absolute atomic E-state index is 12.7. The van der Waals surface area contributed by atoms with Crippen molar-refractivity contribution in [2.45, 2.75) is 63.3 Å². The number of benzene rings is 1. The van der Waals surface area contributed by atoms with Crippen molar-refractivity contribution in [3.8, 4) is 5.75 Å². The van der Waals surface area contributed by atoms with E-state index in [0.29, 0.717) is 6.42 Å². The molecule has 1 saturated heterocycles. The number of β-lactam (4-membered cyclic amide) rings is 1. The van der Waals surface area contributed by atoms with Gasteiger partial charge in [0, 0.05) is 17.8 Å². The molecule has 4 nitrogen and oxygen atoms in total. The van der Waals surface area contributed by atoms with E-state index in [1.807, 2.05) is 25.1 Å². The van der Waals surface area contributed by atoms with Gasteiger partial charge in [0.25, 0.3) is 0 Å². The van der Waals surface area contributed by atoms with Crippen LogP contribution in [0.5, 0.6) is 5.75 Å². The Labute approximate surface area is 146 Å². The van der Waals surface area contributed by atoms with Crippen LogP contribution in [0.25, 0.3) is 0 Å². The zero-order valence-electron chi connectivity index (χ0n) is 16.0. The lowest BCUT2D eigenvalue weighted by atomic mass is 9.74. The van der Waals surface area contributed by atoms with E-state index in [0.717, 1.165) is 16.9 Å². The van der Waals surface area contributed by atoms with E-state index in [-0.39, 0.29) is 23.2 Å². The standard InChI is InChI=1S/C19H31NO3Si/c1-18(2,3)24(6,7)17-19(4,16(22)20-17)14-10-8-9-13(11-12-21)15(14)23-5/h8-10,17,21H,11-12H2,1-7H3,(H,20,22). The molecular weight excluding hydrogens is 318 g/mol. The van der Waals surface area contributed by atoms with Crippen LogP contribution in [0.2, 0.25) is 18.1 Å². The molecule has 1 amide bonds. The van der Waals surface area contributed by atoms with Gasteiger partial charge in [0.2, 0.25) is 5.91 Å². The Morgan fingerprint density at radius 2 is 1.96 bits per heavy atom. The zero-order valence-corrected chi connectivity index (χ0v) is 17.0. The van der Waals surface area contributed by atoms with Crippen molar-refractivity contribution in [2.24, 2.45) is 0 Å². The lowest BCUT2D eigenvalue weighted by Crippen LogP contribution is -2.78. The zero-order chi connectivity index (χ0) is 18.3. The average molecular weight is 350 g/mol. The van der Waals surface area contributed by atoms with Crippen molar-refractivity contribution in [1.82, 2.24) is 5.32 Å². The Balaban J connectivity index is 2.57. The Morgan fingerprint density at radius 3 is 2.42 bits per heavy atom. The molecule has 1 aromatic carbocycles. The summed E-state index contributed by atoms with van der Waals surface area (Å²) in [6.45, 7) is 13.6. The van der Waals surface area contributed by atoms with Crippen LogP contribution in [0.1, 0.15) is 38.8 Å². The number of carbonyl (C=O) groups is 1. The van der Waals surface area contributed by atoms with E-state index in [1.165, 1.54) is 0 Å². The summed E-state index contributed by atoms with van der Waals surface area (Å²) in [6.07, 6.45) is 0.527. The van der Waals surface area contributed by atoms with Crippen molar-refractivity contribution < 1.29 is 14.6 Å². The summed E-state index contributed by atoms with van der Waals surface area (Å²) in [6, 6.07) is 5.92. The molecule has 1 aliphatic heterocycles. The molecule has 0 radical (unpaired) electrons. The smallest absolute Gasteiger partial charge is 0.232 e. The van der Waals surface area contributed by atoms with Gasteiger partial charge in [-0.1, -0.05) is 52.1 Å². The number of nitrogens with one attached hydrogen (secondary N) is 1. The summed E-state index contributed by atoms with van der Waals surface area (Å²) in [4.78, 5) is 12.7. The largest absolute Gasteiger partial charge is 0.496 e. The number of aliphatic hydroxyl groups is 1. The van der Waals surface area contributed by atoms with Gasteiger partial charge in [0.15, 0.2) is 0 Å². The number of amides is 1. The second kappa shape index (κ2) is 6.19. The second-order valence-corrected chi connectivity index (χ2v) is 14.1. The number of rotatable bonds is 5. The second-order valence-electron chi connectivity index (χ2n) is 8.55. The minimum Gasteiger partial charge on any atom is -0.496 e. The van der Waals surface area contributed by atoms with E-state index < -0.39 is 13.5 Å². The molecule has 1 fully saturated rings. The van der Waals surface area contributed by atoms with Crippen LogP contribution in [0, 0.1) is 0 Å². The molecule has 1 aromatic rings. The lowest BCUT2D eigenvalue weighted by Gasteiger charge is -2.57. The third-order valence-electron chi connectivity index (χ3n) is 6.22. The van der Waals surface area contributed by atoms with Crippen LogP contribution in [0.3, 0.4) is 0 Å². The number of carbonyl (C=O) groups excluding carboxylic acids is 1. The normalized spacial score (nSPS) is 24.3. The first kappa shape index (κ1) is 19.0. The molecule has 1 aliphatic rings. The minimum absolute atomic E-state index is 0.0639. The Hall–Kier alpha value is -1.33. The Bertz CT molecular complexity index is 636. The molecule has 0 spiro atoms. The SMILES string of the molecule is COc1c(CCO)cccc1C1(C)C(=O)NC1[Si](C)(C)C(C)(C)C. The van der Waals surface area contributed by atoms with Gasteiger partial charge in [-0.2, -0.15) is 0 Å². The monoisotopic (exact) mass is 349 g/mol. The molecule has 24 heavy (non-hydrogen) atoms. The molecule has 134 valence electrons. The summed E-state index contributed by atoms with van der Waals surface area (Å²) in [5.74, 6) is 0.810. The quantitative estimate of drug-likeness (QED) is 0.634. The van der Waals surface area contributed by atoms with Crippen molar-refractivity contribution >= 4 is 14.0 Å². The van der Waals surface area contributed by atoms with Gasteiger partial charge in [-0.05, 0) is 23.9 Å². The van der Waals surface area contributed by atoms with Crippen LogP contribution < -0.4 is 10.1 Å². The van der Waals surface area contributed by atoms with E-state index in [1.54, 1.807) is 7.11 Å². The lowest BCUT2D eigenvalue weighted by molar-refractivity contribution is -0.134. The molecular formula is C19H31NO3Si. The highest BCUT2D eigenvalue weighted by atomic mass is 28.3. The molecule has 0 aromatic heterocycles. The Morgan fingerprint density at radius 1 is 1.33 bits per heavy atom. The summed E-state index contributed by atoms with van der Waals surface area (Å²) in [5.41, 5.74) is 1.46. The van der Waals surface area contributed by atoms with Crippen LogP contribution in [0.15, 0.2) is 18.2 Å². The van der Waals surface area contributed by atoms with Crippen molar-refractivity contribution in [3.05, 3.63) is 29.3 Å². The third kappa shape index (κ3) is 2.67. The summed E-state index contributed by atoms with van der Waals surface area (Å²) in [5, 5.41) is 12.7. The molecule has 0 aliphatic carbocycles. The van der Waals surface area contributed by atoms with Crippen molar-refractivity contribution in [3.63, 3.8) is 0 Å². The third-order valence-corrected chi connectivity index (χ3v) is 12.3. The number of hydrogen-bond acceptors (Lipinski definition) is 3. The van der Waals surface area contributed by atoms with Gasteiger partial charge in [-0.15, -0.1) is 0 Å². The first-order valence-corrected chi connectivity index (χ1v) is 11.7. The van der Waals surface area contributed by atoms with Crippen LogP contribution in [0.4, 0.5) is 0 Å². The van der Waals surface area contributed by atoms with Crippen LogP contribution in [-0.4, -0.2) is 38.5 Å². The molecule has 0 saturated carbocycles. The highest BCUT2D eigenvalue weighted by molar-refractivity contribution is 6.83. The highest BCUT2D eigenvalue weighted by Crippen LogP contribution is 2.50. The van der Waals surface area contributed by atoms with Crippen LogP contribution in [-0.2, 0) is 16.6 Å². The van der Waals surface area contributed by atoms with Gasteiger partial charge in [0.05, 0.1) is 20.6 Å². The molecule has 2 rings (SSSR count). The topological polar surface area (TPSA) is 58.6 Å². The fraction of sp³-hybridized carbons (Fsp3) is 0.632. The minimum atomic E-state index is -1.79. The molecule has 1 heterocycles. The van der Waals surface area contributed by atoms with Gasteiger partial charge in [0.1, 0.15) is 5.75 Å². The average Bonchev–Trinajstić information content (AvgIpc) is 2.50. The molecule has 2 atom stereocenters. The molecule has 5 heteroatoms. The fourth-order valence-electron chi connectivity index (χ4n) is 3.64. The van der Waals surface area contributed by atoms with Gasteiger partial charge in [-0.3, -0.25) is 4.79 Å². The van der Waals surface area contributed by atoms with E-state index in [2.05, 4.69) is 39.2 Å². The molecule has 2 N–H and O–H groups in total. The van der Waals surface area contributed by atoms with E-state index in [9.17, 15) is 9.90 Å². The molecule has 2 unspecified atom stereocenters. The first-order valence-electron chi connectivity index (χ1n) is 8.60. The maximum Gasteiger partial charge on any atom is 0.232 e. The van der Waals surface area contributed by atoms with E-state index in [4.69, 9.17) is 4.74 Å². The number of para-hydroxylation sites is 1. The Kier molecular flexibility index (Phi) is 4.90. The van der Waals surface area contributed by atoms with Gasteiger partial charge in [-0.25, -0.2) is 0 Å². The van der Waals surface area contributed by atoms with Crippen molar-refractivity contribution in [1.29, 1.82) is 0 Å². The predicted octanol–water partition coefficient (Wildman–Crippen LogP) is 3.03. The summed E-state index contributed by atoms with van der Waals surface area (Å²) in [7, 11) is -0.150.